The Morgan fingerprint density at radius 1 is 1.41 bits per heavy atom. The summed E-state index contributed by atoms with van der Waals surface area (Å²) in [6, 6.07) is 6.57. The molecule has 0 saturated heterocycles. The number of halogens is 2. The molecule has 0 bridgehead atoms. The van der Waals surface area contributed by atoms with Crippen molar-refractivity contribution in [2.45, 2.75) is 13.3 Å². The van der Waals surface area contributed by atoms with E-state index < -0.39 is 5.82 Å². The normalized spacial score (nSPS) is 10.5. The minimum absolute atomic E-state index is 0.163. The number of thiophene rings is 1. The van der Waals surface area contributed by atoms with Gasteiger partial charge in [-0.2, -0.15) is 0 Å². The zero-order chi connectivity index (χ0) is 12.4. The molecule has 4 heteroatoms. The third kappa shape index (κ3) is 2.82. The lowest BCUT2D eigenvalue weighted by Gasteiger charge is -2.03. The summed E-state index contributed by atoms with van der Waals surface area (Å²) >= 11 is 4.85. The van der Waals surface area contributed by atoms with Crippen LogP contribution in [0.2, 0.25) is 0 Å². The molecule has 1 heterocycles. The molecular weight excluding hydrogens is 303 g/mol. The van der Waals surface area contributed by atoms with Crippen LogP contribution in [0.4, 0.5) is 4.39 Å². The number of rotatable bonds is 3. The molecule has 0 radical (unpaired) electrons. The van der Waals surface area contributed by atoms with E-state index in [1.165, 1.54) is 17.4 Å². The molecule has 88 valence electrons. The van der Waals surface area contributed by atoms with Crippen molar-refractivity contribution in [3.63, 3.8) is 0 Å². The third-order valence-corrected chi connectivity index (χ3v) is 4.36. The molecule has 0 saturated carbocycles. The van der Waals surface area contributed by atoms with E-state index in [4.69, 9.17) is 0 Å². The van der Waals surface area contributed by atoms with E-state index in [0.29, 0.717) is 0 Å². The first kappa shape index (κ1) is 12.5. The Labute approximate surface area is 111 Å². The average molecular weight is 313 g/mol. The van der Waals surface area contributed by atoms with Crippen LogP contribution in [0.3, 0.4) is 0 Å². The summed E-state index contributed by atoms with van der Waals surface area (Å²) in [6.07, 6.45) is 0.234. The summed E-state index contributed by atoms with van der Waals surface area (Å²) in [6.45, 7) is 1.80. The molecule has 0 aliphatic heterocycles. The van der Waals surface area contributed by atoms with Crippen LogP contribution >= 0.6 is 27.3 Å². The quantitative estimate of drug-likeness (QED) is 0.768. The molecule has 0 aliphatic carbocycles. The number of hydrogen-bond donors (Lipinski definition) is 0. The molecular formula is C13H10BrFOS. The number of hydrogen-bond acceptors (Lipinski definition) is 2. The Balaban J connectivity index is 2.23. The molecule has 0 fully saturated rings. The van der Waals surface area contributed by atoms with Crippen LogP contribution < -0.4 is 0 Å². The summed E-state index contributed by atoms with van der Waals surface area (Å²) < 4.78 is 14.5. The van der Waals surface area contributed by atoms with Gasteiger partial charge in [0, 0.05) is 15.8 Å². The lowest BCUT2D eigenvalue weighted by atomic mass is 10.1. The molecule has 1 aromatic carbocycles. The molecule has 17 heavy (non-hydrogen) atoms. The van der Waals surface area contributed by atoms with E-state index in [2.05, 4.69) is 15.9 Å². The maximum absolute atomic E-state index is 13.6. The Morgan fingerprint density at radius 3 is 2.76 bits per heavy atom. The van der Waals surface area contributed by atoms with Gasteiger partial charge in [0.1, 0.15) is 5.82 Å². The number of aryl methyl sites for hydroxylation is 1. The molecule has 1 nitrogen and oxygen atoms in total. The largest absolute Gasteiger partial charge is 0.294 e. The van der Waals surface area contributed by atoms with Crippen LogP contribution in [0.5, 0.6) is 0 Å². The van der Waals surface area contributed by atoms with Gasteiger partial charge in [-0.3, -0.25) is 4.79 Å². The summed E-state index contributed by atoms with van der Waals surface area (Å²) in [5.74, 6) is -0.631. The van der Waals surface area contributed by atoms with E-state index in [1.807, 2.05) is 11.4 Å². The first-order valence-corrected chi connectivity index (χ1v) is 6.76. The molecule has 0 aliphatic rings. The third-order valence-electron chi connectivity index (χ3n) is 2.44. The van der Waals surface area contributed by atoms with Crippen molar-refractivity contribution >= 4 is 33.0 Å². The Hall–Kier alpha value is -1.000. The number of carbonyl (C=O) groups excluding carboxylic acids is 1. The maximum Gasteiger partial charge on any atom is 0.171 e. The zero-order valence-corrected chi connectivity index (χ0v) is 11.6. The summed E-state index contributed by atoms with van der Waals surface area (Å²) in [5.41, 5.74) is 0.979. The fraction of sp³-hybridized carbons (Fsp3) is 0.154. The van der Waals surface area contributed by atoms with Gasteiger partial charge in [-0.1, -0.05) is 6.07 Å². The number of benzene rings is 1. The topological polar surface area (TPSA) is 17.1 Å². The van der Waals surface area contributed by atoms with E-state index in [1.54, 1.807) is 19.1 Å². The number of carbonyl (C=O) groups is 1. The van der Waals surface area contributed by atoms with Crippen LogP contribution in [-0.4, -0.2) is 5.78 Å². The summed E-state index contributed by atoms with van der Waals surface area (Å²) in [4.78, 5) is 12.9. The Morgan fingerprint density at radius 2 is 2.18 bits per heavy atom. The van der Waals surface area contributed by atoms with E-state index in [0.717, 1.165) is 14.9 Å². The minimum atomic E-state index is -0.442. The molecule has 1 aromatic heterocycles. The van der Waals surface area contributed by atoms with Crippen LogP contribution in [0.25, 0.3) is 0 Å². The van der Waals surface area contributed by atoms with E-state index in [-0.39, 0.29) is 17.8 Å². The van der Waals surface area contributed by atoms with Gasteiger partial charge in [-0.05, 0) is 52.0 Å². The monoisotopic (exact) mass is 312 g/mol. The highest BCUT2D eigenvalue weighted by Gasteiger charge is 2.14. The van der Waals surface area contributed by atoms with Gasteiger partial charge in [0.2, 0.25) is 0 Å². The maximum atomic E-state index is 13.6. The highest BCUT2D eigenvalue weighted by molar-refractivity contribution is 9.10. The van der Waals surface area contributed by atoms with E-state index in [9.17, 15) is 9.18 Å². The minimum Gasteiger partial charge on any atom is -0.294 e. The molecule has 0 unspecified atom stereocenters. The van der Waals surface area contributed by atoms with Gasteiger partial charge in [-0.25, -0.2) is 4.39 Å². The van der Waals surface area contributed by atoms with Gasteiger partial charge in [0.25, 0.3) is 0 Å². The Bertz CT molecular complexity index is 562. The standard InChI is InChI=1S/C13H10BrFOS/c1-8-2-3-9(11(15)6-8)12(16)7-13-10(14)4-5-17-13/h2-6H,7H2,1H3. The van der Waals surface area contributed by atoms with Crippen molar-refractivity contribution in [2.75, 3.05) is 0 Å². The summed E-state index contributed by atoms with van der Waals surface area (Å²) in [7, 11) is 0. The smallest absolute Gasteiger partial charge is 0.171 e. The van der Waals surface area contributed by atoms with Crippen LogP contribution in [0.15, 0.2) is 34.1 Å². The van der Waals surface area contributed by atoms with Gasteiger partial charge >= 0.3 is 0 Å². The highest BCUT2D eigenvalue weighted by Crippen LogP contribution is 2.24. The average Bonchev–Trinajstić information content (AvgIpc) is 2.64. The van der Waals surface area contributed by atoms with Crippen molar-refractivity contribution in [2.24, 2.45) is 0 Å². The first-order chi connectivity index (χ1) is 8.08. The second-order valence-corrected chi connectivity index (χ2v) is 5.63. The van der Waals surface area contributed by atoms with Crippen LogP contribution in [0.1, 0.15) is 20.8 Å². The van der Waals surface area contributed by atoms with Gasteiger partial charge < -0.3 is 0 Å². The molecule has 0 atom stereocenters. The molecule has 0 N–H and O–H groups in total. The lowest BCUT2D eigenvalue weighted by molar-refractivity contribution is 0.0990. The lowest BCUT2D eigenvalue weighted by Crippen LogP contribution is -2.05. The fourth-order valence-electron chi connectivity index (χ4n) is 1.54. The predicted octanol–water partition coefficient (Wildman–Crippen LogP) is 4.38. The summed E-state index contributed by atoms with van der Waals surface area (Å²) in [5, 5.41) is 1.90. The SMILES string of the molecule is Cc1ccc(C(=O)Cc2sccc2Br)c(F)c1. The number of Topliss-reactive ketones (excluding diaryl/α,β-unsaturated/α-hetero) is 1. The predicted molar refractivity (Wildman–Crippen MR) is 71.2 cm³/mol. The van der Waals surface area contributed by atoms with Crippen LogP contribution in [0, 0.1) is 12.7 Å². The number of ketones is 1. The molecule has 2 aromatic rings. The molecule has 2 rings (SSSR count). The van der Waals surface area contributed by atoms with Gasteiger partial charge in [-0.15, -0.1) is 11.3 Å². The fourth-order valence-corrected chi connectivity index (χ4v) is 3.03. The van der Waals surface area contributed by atoms with Crippen molar-refractivity contribution in [3.05, 3.63) is 55.9 Å². The van der Waals surface area contributed by atoms with Crippen LogP contribution in [-0.2, 0) is 6.42 Å². The van der Waals surface area contributed by atoms with Crippen molar-refractivity contribution < 1.29 is 9.18 Å². The van der Waals surface area contributed by atoms with Crippen molar-refractivity contribution in [3.8, 4) is 0 Å². The molecule has 0 amide bonds. The second-order valence-electron chi connectivity index (χ2n) is 3.77. The molecule has 0 spiro atoms. The van der Waals surface area contributed by atoms with Gasteiger partial charge in [0.05, 0.1) is 5.56 Å². The zero-order valence-electron chi connectivity index (χ0n) is 9.17. The first-order valence-electron chi connectivity index (χ1n) is 5.09. The second kappa shape index (κ2) is 5.10. The van der Waals surface area contributed by atoms with E-state index >= 15 is 0 Å². The van der Waals surface area contributed by atoms with Gasteiger partial charge in [0.15, 0.2) is 5.78 Å². The van der Waals surface area contributed by atoms with Crippen molar-refractivity contribution in [1.82, 2.24) is 0 Å². The highest BCUT2D eigenvalue weighted by atomic mass is 79.9. The van der Waals surface area contributed by atoms with Crippen molar-refractivity contribution in [1.29, 1.82) is 0 Å². The Kier molecular flexibility index (Phi) is 3.74.